The molecule has 0 heterocycles. The molecule has 20 heavy (non-hydrogen) atoms. The lowest BCUT2D eigenvalue weighted by molar-refractivity contribution is -0.121. The summed E-state index contributed by atoms with van der Waals surface area (Å²) in [6.07, 6.45) is 2.37. The standard InChI is InChI=1S/C15H22Cl2N2O/c1-3-8-19-15(20)7-9-18-14(4-2)11-5-6-12(16)13(17)10-11/h5-6,10,14,18H,3-4,7-9H2,1-2H3,(H,19,20). The van der Waals surface area contributed by atoms with Crippen molar-refractivity contribution in [3.8, 4) is 0 Å². The highest BCUT2D eigenvalue weighted by Gasteiger charge is 2.11. The summed E-state index contributed by atoms with van der Waals surface area (Å²) in [5, 5.41) is 7.36. The SMILES string of the molecule is CCCNC(=O)CCNC(CC)c1ccc(Cl)c(Cl)c1. The molecule has 1 unspecified atom stereocenters. The maximum Gasteiger partial charge on any atom is 0.221 e. The minimum atomic E-state index is 0.0864. The molecule has 0 fully saturated rings. The van der Waals surface area contributed by atoms with E-state index in [0.717, 1.165) is 24.9 Å². The molecule has 0 saturated carbocycles. The van der Waals surface area contributed by atoms with Crippen LogP contribution >= 0.6 is 23.2 Å². The van der Waals surface area contributed by atoms with Crippen molar-refractivity contribution in [1.82, 2.24) is 10.6 Å². The number of carbonyl (C=O) groups is 1. The summed E-state index contributed by atoms with van der Waals surface area (Å²) >= 11 is 12.0. The van der Waals surface area contributed by atoms with Gasteiger partial charge in [-0.05, 0) is 30.5 Å². The zero-order chi connectivity index (χ0) is 15.0. The van der Waals surface area contributed by atoms with Crippen LogP contribution in [0.4, 0.5) is 0 Å². The van der Waals surface area contributed by atoms with Crippen LogP contribution in [-0.2, 0) is 4.79 Å². The van der Waals surface area contributed by atoms with E-state index in [9.17, 15) is 4.79 Å². The summed E-state index contributed by atoms with van der Waals surface area (Å²) in [5.41, 5.74) is 1.09. The first-order valence-electron chi connectivity index (χ1n) is 7.03. The van der Waals surface area contributed by atoms with Gasteiger partial charge in [0.05, 0.1) is 10.0 Å². The Bertz CT molecular complexity index is 438. The number of benzene rings is 1. The molecule has 0 aliphatic rings. The molecule has 0 saturated heterocycles. The highest BCUT2D eigenvalue weighted by molar-refractivity contribution is 6.42. The van der Waals surface area contributed by atoms with Gasteiger partial charge in [0.25, 0.3) is 0 Å². The molecule has 112 valence electrons. The molecule has 1 amide bonds. The lowest BCUT2D eigenvalue weighted by Crippen LogP contribution is -2.29. The van der Waals surface area contributed by atoms with Gasteiger partial charge in [0.15, 0.2) is 0 Å². The molecule has 1 aromatic carbocycles. The third-order valence-electron chi connectivity index (χ3n) is 3.07. The molecule has 2 N–H and O–H groups in total. The van der Waals surface area contributed by atoms with Gasteiger partial charge in [-0.15, -0.1) is 0 Å². The van der Waals surface area contributed by atoms with E-state index in [1.807, 2.05) is 19.1 Å². The Morgan fingerprint density at radius 2 is 1.95 bits per heavy atom. The highest BCUT2D eigenvalue weighted by Crippen LogP contribution is 2.26. The minimum absolute atomic E-state index is 0.0864. The van der Waals surface area contributed by atoms with Crippen LogP contribution < -0.4 is 10.6 Å². The third kappa shape index (κ3) is 5.70. The average molecular weight is 317 g/mol. The molecule has 3 nitrogen and oxygen atoms in total. The van der Waals surface area contributed by atoms with E-state index in [0.29, 0.717) is 23.0 Å². The topological polar surface area (TPSA) is 41.1 Å². The first-order chi connectivity index (χ1) is 9.58. The van der Waals surface area contributed by atoms with Gasteiger partial charge < -0.3 is 10.6 Å². The second-order valence-corrected chi connectivity index (χ2v) is 5.50. The van der Waals surface area contributed by atoms with Crippen molar-refractivity contribution in [2.45, 2.75) is 39.2 Å². The van der Waals surface area contributed by atoms with E-state index in [-0.39, 0.29) is 11.9 Å². The molecule has 1 atom stereocenters. The summed E-state index contributed by atoms with van der Waals surface area (Å²) in [5.74, 6) is 0.0864. The molecule has 0 spiro atoms. The molecule has 1 rings (SSSR count). The predicted molar refractivity (Wildman–Crippen MR) is 85.4 cm³/mol. The van der Waals surface area contributed by atoms with Crippen molar-refractivity contribution < 1.29 is 4.79 Å². The van der Waals surface area contributed by atoms with Gasteiger partial charge in [-0.1, -0.05) is 43.1 Å². The van der Waals surface area contributed by atoms with Crippen LogP contribution in [0.15, 0.2) is 18.2 Å². The molecule has 1 aromatic rings. The van der Waals surface area contributed by atoms with E-state index in [1.165, 1.54) is 0 Å². The van der Waals surface area contributed by atoms with Gasteiger partial charge in [-0.3, -0.25) is 4.79 Å². The predicted octanol–water partition coefficient (Wildman–Crippen LogP) is 3.95. The van der Waals surface area contributed by atoms with Crippen LogP contribution in [0.2, 0.25) is 10.0 Å². The Morgan fingerprint density at radius 3 is 2.55 bits per heavy atom. The molecule has 0 aromatic heterocycles. The van der Waals surface area contributed by atoms with Crippen LogP contribution in [0.1, 0.15) is 44.7 Å². The second kappa shape index (κ2) is 9.22. The largest absolute Gasteiger partial charge is 0.356 e. The normalized spacial score (nSPS) is 12.2. The van der Waals surface area contributed by atoms with E-state index in [1.54, 1.807) is 6.07 Å². The number of hydrogen-bond donors (Lipinski definition) is 2. The number of rotatable bonds is 8. The summed E-state index contributed by atoms with van der Waals surface area (Å²) in [6.45, 7) is 5.52. The Labute approximate surface area is 131 Å². The maximum atomic E-state index is 11.5. The molecular weight excluding hydrogens is 295 g/mol. The van der Waals surface area contributed by atoms with Crippen molar-refractivity contribution in [2.24, 2.45) is 0 Å². The van der Waals surface area contributed by atoms with Crippen LogP contribution in [0.3, 0.4) is 0 Å². The zero-order valence-corrected chi connectivity index (χ0v) is 13.5. The van der Waals surface area contributed by atoms with Gasteiger partial charge in [0.2, 0.25) is 5.91 Å². The van der Waals surface area contributed by atoms with Crippen molar-refractivity contribution in [3.63, 3.8) is 0 Å². The summed E-state index contributed by atoms with van der Waals surface area (Å²) < 4.78 is 0. The lowest BCUT2D eigenvalue weighted by Gasteiger charge is -2.18. The first-order valence-corrected chi connectivity index (χ1v) is 7.79. The van der Waals surface area contributed by atoms with Gasteiger partial charge in [0, 0.05) is 25.6 Å². The third-order valence-corrected chi connectivity index (χ3v) is 3.81. The monoisotopic (exact) mass is 316 g/mol. The van der Waals surface area contributed by atoms with E-state index in [2.05, 4.69) is 17.6 Å². The maximum absolute atomic E-state index is 11.5. The highest BCUT2D eigenvalue weighted by atomic mass is 35.5. The summed E-state index contributed by atoms with van der Waals surface area (Å²) in [6, 6.07) is 5.83. The minimum Gasteiger partial charge on any atom is -0.356 e. The quantitative estimate of drug-likeness (QED) is 0.762. The van der Waals surface area contributed by atoms with Crippen LogP contribution in [0.5, 0.6) is 0 Å². The van der Waals surface area contributed by atoms with Crippen molar-refractivity contribution in [1.29, 1.82) is 0 Å². The molecular formula is C15H22Cl2N2O. The number of halogens is 2. The fraction of sp³-hybridized carbons (Fsp3) is 0.533. The van der Waals surface area contributed by atoms with Crippen LogP contribution in [0, 0.1) is 0 Å². The Kier molecular flexibility index (Phi) is 7.97. The van der Waals surface area contributed by atoms with Crippen molar-refractivity contribution in [3.05, 3.63) is 33.8 Å². The van der Waals surface area contributed by atoms with Gasteiger partial charge in [-0.25, -0.2) is 0 Å². The number of carbonyl (C=O) groups excluding carboxylic acids is 1. The van der Waals surface area contributed by atoms with Gasteiger partial charge in [-0.2, -0.15) is 0 Å². The van der Waals surface area contributed by atoms with E-state index in [4.69, 9.17) is 23.2 Å². The number of hydrogen-bond acceptors (Lipinski definition) is 2. The number of nitrogens with one attached hydrogen (secondary N) is 2. The van der Waals surface area contributed by atoms with Crippen molar-refractivity contribution in [2.75, 3.05) is 13.1 Å². The average Bonchev–Trinajstić information content (AvgIpc) is 2.44. The second-order valence-electron chi connectivity index (χ2n) is 4.69. The number of amides is 1. The molecule has 5 heteroatoms. The Morgan fingerprint density at radius 1 is 1.20 bits per heavy atom. The molecule has 0 aliphatic heterocycles. The van der Waals surface area contributed by atoms with Crippen LogP contribution in [0.25, 0.3) is 0 Å². The lowest BCUT2D eigenvalue weighted by atomic mass is 10.0. The van der Waals surface area contributed by atoms with Gasteiger partial charge in [0.1, 0.15) is 0 Å². The Balaban J connectivity index is 2.47. The van der Waals surface area contributed by atoms with E-state index >= 15 is 0 Å². The smallest absolute Gasteiger partial charge is 0.221 e. The zero-order valence-electron chi connectivity index (χ0n) is 12.0. The fourth-order valence-electron chi connectivity index (χ4n) is 1.94. The molecule has 0 bridgehead atoms. The Hall–Kier alpha value is -0.770. The molecule has 0 aliphatic carbocycles. The summed E-state index contributed by atoms with van der Waals surface area (Å²) in [7, 11) is 0. The van der Waals surface area contributed by atoms with Gasteiger partial charge >= 0.3 is 0 Å². The van der Waals surface area contributed by atoms with E-state index < -0.39 is 0 Å². The van der Waals surface area contributed by atoms with Crippen LogP contribution in [-0.4, -0.2) is 19.0 Å². The van der Waals surface area contributed by atoms with Crippen molar-refractivity contribution >= 4 is 29.1 Å². The first kappa shape index (κ1) is 17.3. The molecule has 0 radical (unpaired) electrons. The fourth-order valence-corrected chi connectivity index (χ4v) is 2.25. The summed E-state index contributed by atoms with van der Waals surface area (Å²) in [4.78, 5) is 11.5.